The first-order valence-corrected chi connectivity index (χ1v) is 13.0. The molecule has 0 radical (unpaired) electrons. The van der Waals surface area contributed by atoms with Crippen molar-refractivity contribution < 1.29 is 32.7 Å². The maximum absolute atomic E-state index is 13.4. The van der Waals surface area contributed by atoms with Gasteiger partial charge in [-0.2, -0.15) is 22.9 Å². The largest absolute Gasteiger partial charge is 0.481 e. The third-order valence-electron chi connectivity index (χ3n) is 6.32. The molecule has 14 heteroatoms. The lowest BCUT2D eigenvalue weighted by molar-refractivity contribution is -0.385. The summed E-state index contributed by atoms with van der Waals surface area (Å²) in [6, 6.07) is 18.6. The zero-order chi connectivity index (χ0) is 31.6. The Morgan fingerprint density at radius 3 is 2.55 bits per heavy atom. The van der Waals surface area contributed by atoms with Crippen LogP contribution in [-0.2, 0) is 12.8 Å². The number of ether oxygens (including phenoxy) is 1. The van der Waals surface area contributed by atoms with Gasteiger partial charge in [-0.05, 0) is 48.0 Å². The van der Waals surface area contributed by atoms with E-state index in [4.69, 9.17) is 16.3 Å². The maximum Gasteiger partial charge on any atom is 0.416 e. The summed E-state index contributed by atoms with van der Waals surface area (Å²) in [6.07, 6.45) is -3.58. The summed E-state index contributed by atoms with van der Waals surface area (Å²) in [4.78, 5) is 40.2. The number of para-hydroxylation sites is 1. The van der Waals surface area contributed by atoms with E-state index >= 15 is 0 Å². The van der Waals surface area contributed by atoms with E-state index in [1.54, 1.807) is 18.2 Å². The van der Waals surface area contributed by atoms with Crippen molar-refractivity contribution in [3.63, 3.8) is 0 Å². The Balaban J connectivity index is 1.55. The van der Waals surface area contributed by atoms with Crippen LogP contribution in [0.5, 0.6) is 5.75 Å². The average molecular weight is 623 g/mol. The smallest absolute Gasteiger partial charge is 0.416 e. The molecule has 5 aromatic rings. The van der Waals surface area contributed by atoms with E-state index in [0.29, 0.717) is 5.56 Å². The number of nitro benzene ring substituents is 1. The van der Waals surface area contributed by atoms with Crippen molar-refractivity contribution in [3.05, 3.63) is 133 Å². The molecule has 0 aliphatic heterocycles. The summed E-state index contributed by atoms with van der Waals surface area (Å²) < 4.78 is 46.7. The van der Waals surface area contributed by atoms with Crippen LogP contribution in [0, 0.1) is 10.1 Å². The van der Waals surface area contributed by atoms with Crippen molar-refractivity contribution in [2.75, 3.05) is 0 Å². The van der Waals surface area contributed by atoms with Crippen molar-refractivity contribution in [2.24, 2.45) is 5.10 Å². The fraction of sp³-hybridized carbons (Fsp3) is 0.0667. The standard InChI is InChI=1S/C30H18ClF3N4O6/c31-23-12-18(13-25(38(42)43)26(23)44-16-17-5-3-7-20(11-17)29(40)41)15-35-37-27(19-6-4-8-21(14-19)30(32,33)34)36-24-10-2-1-9-22(24)28(37)39/h1-15H,16H2,(H,40,41). The highest BCUT2D eigenvalue weighted by atomic mass is 35.5. The molecule has 1 aromatic heterocycles. The number of halogens is 4. The van der Waals surface area contributed by atoms with Crippen LogP contribution in [0.3, 0.4) is 0 Å². The zero-order valence-electron chi connectivity index (χ0n) is 22.2. The number of carboxylic acid groups (broad SMARTS) is 1. The van der Waals surface area contributed by atoms with E-state index in [2.05, 4.69) is 10.1 Å². The molecule has 0 unspecified atom stereocenters. The van der Waals surface area contributed by atoms with Gasteiger partial charge in [0.1, 0.15) is 6.61 Å². The quantitative estimate of drug-likeness (QED) is 0.114. The molecular weight excluding hydrogens is 605 g/mol. The van der Waals surface area contributed by atoms with Gasteiger partial charge in [-0.25, -0.2) is 9.78 Å². The molecule has 4 aromatic carbocycles. The fourth-order valence-electron chi connectivity index (χ4n) is 4.28. The second-order valence-corrected chi connectivity index (χ2v) is 9.70. The molecule has 0 saturated carbocycles. The number of rotatable bonds is 8. The van der Waals surface area contributed by atoms with Gasteiger partial charge in [-0.3, -0.25) is 14.9 Å². The van der Waals surface area contributed by atoms with E-state index < -0.39 is 33.9 Å². The van der Waals surface area contributed by atoms with E-state index in [0.717, 1.165) is 29.1 Å². The van der Waals surface area contributed by atoms with Gasteiger partial charge in [0, 0.05) is 17.2 Å². The number of nitro groups is 1. The molecule has 44 heavy (non-hydrogen) atoms. The van der Waals surface area contributed by atoms with Gasteiger partial charge < -0.3 is 9.84 Å². The lowest BCUT2D eigenvalue weighted by atomic mass is 10.1. The summed E-state index contributed by atoms with van der Waals surface area (Å²) in [5.74, 6) is -1.64. The summed E-state index contributed by atoms with van der Waals surface area (Å²) in [5.41, 5.74) is -1.52. The first kappa shape index (κ1) is 29.9. The highest BCUT2D eigenvalue weighted by Crippen LogP contribution is 2.37. The number of aromatic nitrogens is 2. The first-order valence-electron chi connectivity index (χ1n) is 12.6. The predicted molar refractivity (Wildman–Crippen MR) is 155 cm³/mol. The van der Waals surface area contributed by atoms with Crippen LogP contribution >= 0.6 is 11.6 Å². The normalized spacial score (nSPS) is 11.6. The Hall–Kier alpha value is -5.56. The van der Waals surface area contributed by atoms with Gasteiger partial charge in [0.25, 0.3) is 5.56 Å². The number of carbonyl (C=O) groups is 1. The fourth-order valence-corrected chi connectivity index (χ4v) is 4.56. The predicted octanol–water partition coefficient (Wildman–Crippen LogP) is 6.80. The van der Waals surface area contributed by atoms with Crippen molar-refractivity contribution in [1.82, 2.24) is 9.66 Å². The Morgan fingerprint density at radius 2 is 1.82 bits per heavy atom. The third-order valence-corrected chi connectivity index (χ3v) is 6.61. The minimum atomic E-state index is -4.65. The Morgan fingerprint density at radius 1 is 1.07 bits per heavy atom. The van der Waals surface area contributed by atoms with Crippen molar-refractivity contribution >= 4 is 40.4 Å². The maximum atomic E-state index is 13.4. The van der Waals surface area contributed by atoms with E-state index in [1.807, 2.05) is 0 Å². The summed E-state index contributed by atoms with van der Waals surface area (Å²) >= 11 is 6.33. The van der Waals surface area contributed by atoms with Crippen molar-refractivity contribution in [2.45, 2.75) is 12.8 Å². The molecule has 0 atom stereocenters. The molecule has 0 spiro atoms. The molecule has 0 amide bonds. The topological polar surface area (TPSA) is 137 Å². The van der Waals surface area contributed by atoms with Crippen LogP contribution < -0.4 is 10.3 Å². The highest BCUT2D eigenvalue weighted by molar-refractivity contribution is 6.32. The number of hydrogen-bond acceptors (Lipinski definition) is 7. The van der Waals surface area contributed by atoms with Crippen LogP contribution in [0.4, 0.5) is 18.9 Å². The number of aromatic carboxylic acids is 1. The van der Waals surface area contributed by atoms with Gasteiger partial charge in [0.2, 0.25) is 5.75 Å². The first-order chi connectivity index (χ1) is 20.9. The van der Waals surface area contributed by atoms with E-state index in [1.165, 1.54) is 48.5 Å². The summed E-state index contributed by atoms with van der Waals surface area (Å²) in [7, 11) is 0. The molecule has 1 heterocycles. The van der Waals surface area contributed by atoms with Gasteiger partial charge in [0.05, 0.1) is 38.2 Å². The lowest BCUT2D eigenvalue weighted by Crippen LogP contribution is -2.20. The number of benzene rings is 4. The van der Waals surface area contributed by atoms with Crippen molar-refractivity contribution in [3.8, 4) is 17.1 Å². The second kappa shape index (κ2) is 12.0. The number of fused-ring (bicyclic) bond motifs is 1. The van der Waals surface area contributed by atoms with Crippen LogP contribution in [0.1, 0.15) is 27.0 Å². The van der Waals surface area contributed by atoms with Crippen LogP contribution in [0.2, 0.25) is 5.02 Å². The molecule has 0 saturated heterocycles. The third kappa shape index (κ3) is 6.27. The molecule has 1 N–H and O–H groups in total. The molecule has 0 aliphatic carbocycles. The van der Waals surface area contributed by atoms with E-state index in [-0.39, 0.29) is 50.8 Å². The average Bonchev–Trinajstić information content (AvgIpc) is 2.99. The van der Waals surface area contributed by atoms with Gasteiger partial charge >= 0.3 is 17.8 Å². The molecule has 0 aliphatic rings. The molecule has 10 nitrogen and oxygen atoms in total. The van der Waals surface area contributed by atoms with Crippen LogP contribution in [0.25, 0.3) is 22.3 Å². The minimum absolute atomic E-state index is 0.00109. The summed E-state index contributed by atoms with van der Waals surface area (Å²) in [6.45, 7) is -0.229. The lowest BCUT2D eigenvalue weighted by Gasteiger charge is -2.12. The molecule has 0 bridgehead atoms. The van der Waals surface area contributed by atoms with Crippen molar-refractivity contribution in [1.29, 1.82) is 0 Å². The number of nitrogens with zero attached hydrogens (tertiary/aromatic N) is 4. The molecular formula is C30H18ClF3N4O6. The monoisotopic (exact) mass is 622 g/mol. The Kier molecular flexibility index (Phi) is 8.14. The second-order valence-electron chi connectivity index (χ2n) is 9.29. The molecule has 222 valence electrons. The molecule has 5 rings (SSSR count). The SMILES string of the molecule is O=C(O)c1cccc(COc2c(Cl)cc(C=Nn3c(-c4cccc(C(F)(F)F)c4)nc4ccccc4c3=O)cc2[N+](=O)[O-])c1. The Bertz CT molecular complexity index is 2030. The minimum Gasteiger partial charge on any atom is -0.481 e. The zero-order valence-corrected chi connectivity index (χ0v) is 22.9. The van der Waals surface area contributed by atoms with Crippen LogP contribution in [-0.4, -0.2) is 31.9 Å². The number of hydrogen-bond donors (Lipinski definition) is 1. The van der Waals surface area contributed by atoms with Gasteiger partial charge in [0.15, 0.2) is 5.82 Å². The van der Waals surface area contributed by atoms with Gasteiger partial charge in [-0.15, -0.1) is 0 Å². The van der Waals surface area contributed by atoms with E-state index in [9.17, 15) is 38.0 Å². The van der Waals surface area contributed by atoms with Gasteiger partial charge in [-0.1, -0.05) is 48.0 Å². The number of carboxylic acids is 1. The number of alkyl halides is 3. The summed E-state index contributed by atoms with van der Waals surface area (Å²) in [5, 5.41) is 25.2. The Labute approximate surface area is 250 Å². The van der Waals surface area contributed by atoms with Crippen LogP contribution in [0.15, 0.2) is 94.8 Å². The molecule has 0 fully saturated rings. The highest BCUT2D eigenvalue weighted by Gasteiger charge is 2.31.